The normalized spacial score (nSPS) is 17.9. The molecule has 1 saturated carbocycles. The van der Waals surface area contributed by atoms with Gasteiger partial charge >= 0.3 is 5.97 Å². The third kappa shape index (κ3) is 2.05. The molecule has 98 valence electrons. The lowest BCUT2D eigenvalue weighted by molar-refractivity contribution is -0.138. The maximum atomic E-state index is 10.9. The van der Waals surface area contributed by atoms with E-state index < -0.39 is 12.0 Å². The summed E-state index contributed by atoms with van der Waals surface area (Å²) in [5.41, 5.74) is 7.29. The van der Waals surface area contributed by atoms with E-state index in [1.54, 1.807) is 5.38 Å². The average Bonchev–Trinajstić information content (AvgIpc) is 3.10. The van der Waals surface area contributed by atoms with Crippen molar-refractivity contribution in [2.24, 2.45) is 5.73 Å². The number of rotatable bonds is 4. The number of hydrogen-bond donors (Lipinski definition) is 2. The van der Waals surface area contributed by atoms with Gasteiger partial charge in [-0.15, -0.1) is 11.3 Å². The van der Waals surface area contributed by atoms with Crippen LogP contribution in [0.15, 0.2) is 35.7 Å². The first kappa shape index (κ1) is 12.3. The molecule has 1 aliphatic carbocycles. The molecular formula is C14H14N2O2S. The number of nitrogens with two attached hydrogens (primary N) is 1. The van der Waals surface area contributed by atoms with Crippen LogP contribution in [0.3, 0.4) is 0 Å². The van der Waals surface area contributed by atoms with E-state index in [0.717, 1.165) is 17.8 Å². The Kier molecular flexibility index (Phi) is 2.88. The fourth-order valence-electron chi connectivity index (χ4n) is 2.28. The maximum absolute atomic E-state index is 10.9. The number of aromatic nitrogens is 1. The highest BCUT2D eigenvalue weighted by Gasteiger charge is 2.48. The molecule has 1 unspecified atom stereocenters. The van der Waals surface area contributed by atoms with E-state index in [0.29, 0.717) is 5.69 Å². The Hall–Kier alpha value is -1.72. The van der Waals surface area contributed by atoms with Crippen LogP contribution in [0.5, 0.6) is 0 Å². The molecule has 2 aromatic rings. The highest BCUT2D eigenvalue weighted by atomic mass is 32.1. The topological polar surface area (TPSA) is 76.2 Å². The summed E-state index contributed by atoms with van der Waals surface area (Å²) in [6, 6.07) is 9.21. The molecule has 19 heavy (non-hydrogen) atoms. The Morgan fingerprint density at radius 1 is 1.37 bits per heavy atom. The zero-order valence-electron chi connectivity index (χ0n) is 10.2. The zero-order valence-corrected chi connectivity index (χ0v) is 11.1. The van der Waals surface area contributed by atoms with E-state index >= 15 is 0 Å². The van der Waals surface area contributed by atoms with Crippen LogP contribution in [0.25, 0.3) is 0 Å². The summed E-state index contributed by atoms with van der Waals surface area (Å²) in [4.78, 5) is 15.3. The zero-order chi connectivity index (χ0) is 13.5. The molecule has 0 saturated heterocycles. The van der Waals surface area contributed by atoms with Gasteiger partial charge < -0.3 is 10.8 Å². The SMILES string of the molecule is NC(C(=O)O)c1csc(C2(c3ccccc3)CC2)n1. The highest BCUT2D eigenvalue weighted by Crippen LogP contribution is 2.54. The molecule has 3 N–H and O–H groups in total. The van der Waals surface area contributed by atoms with E-state index in [2.05, 4.69) is 17.1 Å². The van der Waals surface area contributed by atoms with E-state index in [1.165, 1.54) is 16.9 Å². The molecule has 1 fully saturated rings. The van der Waals surface area contributed by atoms with Crippen LogP contribution in [0.4, 0.5) is 0 Å². The maximum Gasteiger partial charge on any atom is 0.326 e. The number of thiazole rings is 1. The first-order valence-electron chi connectivity index (χ1n) is 6.13. The van der Waals surface area contributed by atoms with E-state index in [9.17, 15) is 4.79 Å². The van der Waals surface area contributed by atoms with Crippen molar-refractivity contribution in [1.82, 2.24) is 4.98 Å². The van der Waals surface area contributed by atoms with Crippen molar-refractivity contribution in [2.75, 3.05) is 0 Å². The second kappa shape index (κ2) is 4.43. The van der Waals surface area contributed by atoms with Crippen LogP contribution in [-0.4, -0.2) is 16.1 Å². The summed E-state index contributed by atoms with van der Waals surface area (Å²) < 4.78 is 0. The van der Waals surface area contributed by atoms with Gasteiger partial charge in [-0.3, -0.25) is 4.79 Å². The molecule has 0 amide bonds. The van der Waals surface area contributed by atoms with Crippen molar-refractivity contribution in [3.63, 3.8) is 0 Å². The van der Waals surface area contributed by atoms with Crippen molar-refractivity contribution >= 4 is 17.3 Å². The third-order valence-electron chi connectivity index (χ3n) is 3.59. The van der Waals surface area contributed by atoms with Gasteiger partial charge in [-0.2, -0.15) is 0 Å². The number of aliphatic carboxylic acids is 1. The Morgan fingerprint density at radius 2 is 2.05 bits per heavy atom. The van der Waals surface area contributed by atoms with Crippen LogP contribution >= 0.6 is 11.3 Å². The number of carbonyl (C=O) groups is 1. The number of nitrogens with zero attached hydrogens (tertiary/aromatic N) is 1. The molecule has 1 aromatic heterocycles. The minimum absolute atomic E-state index is 0.0115. The van der Waals surface area contributed by atoms with Crippen molar-refractivity contribution in [3.8, 4) is 0 Å². The van der Waals surface area contributed by atoms with Crippen molar-refractivity contribution in [2.45, 2.75) is 24.3 Å². The highest BCUT2D eigenvalue weighted by molar-refractivity contribution is 7.10. The Balaban J connectivity index is 1.94. The second-order valence-electron chi connectivity index (χ2n) is 4.84. The molecule has 0 bridgehead atoms. The average molecular weight is 274 g/mol. The summed E-state index contributed by atoms with van der Waals surface area (Å²) in [6.45, 7) is 0. The van der Waals surface area contributed by atoms with Crippen LogP contribution in [0, 0.1) is 0 Å². The molecule has 1 atom stereocenters. The molecule has 5 heteroatoms. The lowest BCUT2D eigenvalue weighted by Crippen LogP contribution is -2.21. The molecular weight excluding hydrogens is 260 g/mol. The molecule has 0 radical (unpaired) electrons. The van der Waals surface area contributed by atoms with Crippen LogP contribution < -0.4 is 5.73 Å². The van der Waals surface area contributed by atoms with Gasteiger partial charge in [0.15, 0.2) is 0 Å². The first-order chi connectivity index (χ1) is 9.13. The monoisotopic (exact) mass is 274 g/mol. The molecule has 1 aromatic carbocycles. The van der Waals surface area contributed by atoms with E-state index in [-0.39, 0.29) is 5.41 Å². The Labute approximate surface area is 114 Å². The van der Waals surface area contributed by atoms with Gasteiger partial charge in [0, 0.05) is 10.8 Å². The quantitative estimate of drug-likeness (QED) is 0.897. The van der Waals surface area contributed by atoms with Crippen molar-refractivity contribution in [1.29, 1.82) is 0 Å². The van der Waals surface area contributed by atoms with Crippen LogP contribution in [-0.2, 0) is 10.2 Å². The van der Waals surface area contributed by atoms with Gasteiger partial charge in [0.2, 0.25) is 0 Å². The number of benzene rings is 1. The van der Waals surface area contributed by atoms with Gasteiger partial charge in [0.25, 0.3) is 0 Å². The van der Waals surface area contributed by atoms with Crippen LogP contribution in [0.2, 0.25) is 0 Å². The largest absolute Gasteiger partial charge is 0.480 e. The third-order valence-corrected chi connectivity index (χ3v) is 4.66. The molecule has 0 aliphatic heterocycles. The van der Waals surface area contributed by atoms with E-state index in [4.69, 9.17) is 10.8 Å². The molecule has 3 rings (SSSR count). The summed E-state index contributed by atoms with van der Waals surface area (Å²) in [5.74, 6) is -1.04. The predicted molar refractivity (Wildman–Crippen MR) is 73.1 cm³/mol. The fraction of sp³-hybridized carbons (Fsp3) is 0.286. The van der Waals surface area contributed by atoms with Gasteiger partial charge in [0.1, 0.15) is 11.0 Å². The molecule has 1 aliphatic rings. The Morgan fingerprint density at radius 3 is 2.63 bits per heavy atom. The summed E-state index contributed by atoms with van der Waals surface area (Å²) >= 11 is 1.51. The number of carboxylic acids is 1. The van der Waals surface area contributed by atoms with Gasteiger partial charge in [-0.05, 0) is 18.4 Å². The summed E-state index contributed by atoms with van der Waals surface area (Å²) in [5, 5.41) is 11.7. The first-order valence-corrected chi connectivity index (χ1v) is 7.01. The lowest BCUT2D eigenvalue weighted by atomic mass is 9.97. The number of hydrogen-bond acceptors (Lipinski definition) is 4. The molecule has 0 spiro atoms. The predicted octanol–water partition coefficient (Wildman–Crippen LogP) is 2.31. The van der Waals surface area contributed by atoms with Crippen molar-refractivity contribution < 1.29 is 9.90 Å². The minimum atomic E-state index is -1.04. The molecule has 1 heterocycles. The second-order valence-corrected chi connectivity index (χ2v) is 5.70. The van der Waals surface area contributed by atoms with Gasteiger partial charge in [0.05, 0.1) is 5.69 Å². The Bertz CT molecular complexity index is 605. The molecule has 4 nitrogen and oxygen atoms in total. The summed E-state index contributed by atoms with van der Waals surface area (Å²) in [6.07, 6.45) is 2.12. The van der Waals surface area contributed by atoms with Gasteiger partial charge in [-0.25, -0.2) is 4.98 Å². The standard InChI is InChI=1S/C14H14N2O2S/c15-11(12(17)18)10-8-19-13(16-10)14(6-7-14)9-4-2-1-3-5-9/h1-5,8,11H,6-7,15H2,(H,17,18). The summed E-state index contributed by atoms with van der Waals surface area (Å²) in [7, 11) is 0. The van der Waals surface area contributed by atoms with Crippen molar-refractivity contribution in [3.05, 3.63) is 52.0 Å². The van der Waals surface area contributed by atoms with E-state index in [1.807, 2.05) is 18.2 Å². The lowest BCUT2D eigenvalue weighted by Gasteiger charge is -2.12. The van der Waals surface area contributed by atoms with Gasteiger partial charge in [-0.1, -0.05) is 30.3 Å². The van der Waals surface area contributed by atoms with Crippen LogP contribution in [0.1, 0.15) is 35.1 Å². The minimum Gasteiger partial charge on any atom is -0.480 e. The number of carboxylic acid groups (broad SMARTS) is 1. The smallest absolute Gasteiger partial charge is 0.326 e. The fourth-order valence-corrected chi connectivity index (χ4v) is 3.42.